The predicted octanol–water partition coefficient (Wildman–Crippen LogP) is 12.9. The fourth-order valence-corrected chi connectivity index (χ4v) is 8.54. The molecule has 53 heavy (non-hydrogen) atoms. The van der Waals surface area contributed by atoms with Gasteiger partial charge in [-0.3, -0.25) is 0 Å². The molecule has 252 valence electrons. The lowest BCUT2D eigenvalue weighted by atomic mass is 9.98. The Hall–Kier alpha value is -6.61. The lowest BCUT2D eigenvalue weighted by molar-refractivity contribution is 0.985. The van der Waals surface area contributed by atoms with Crippen molar-refractivity contribution in [2.75, 3.05) is 4.90 Å². The van der Waals surface area contributed by atoms with Crippen LogP contribution in [0.4, 0.5) is 17.1 Å². The Kier molecular flexibility index (Phi) is 8.44. The summed E-state index contributed by atoms with van der Waals surface area (Å²) in [6.07, 6.45) is 19.5. The number of para-hydroxylation sites is 2. The molecule has 7 aromatic rings. The molecule has 0 radical (unpaired) electrons. The molecule has 0 amide bonds. The summed E-state index contributed by atoms with van der Waals surface area (Å²) in [6.45, 7) is 1.97. The van der Waals surface area contributed by atoms with Gasteiger partial charge in [-0.1, -0.05) is 115 Å². The van der Waals surface area contributed by atoms with E-state index in [1.54, 1.807) is 6.08 Å². The van der Waals surface area contributed by atoms with Crippen LogP contribution in [0.3, 0.4) is 0 Å². The van der Waals surface area contributed by atoms with Gasteiger partial charge in [0.1, 0.15) is 0 Å². The summed E-state index contributed by atoms with van der Waals surface area (Å²) in [5.41, 5.74) is 12.1. The van der Waals surface area contributed by atoms with Gasteiger partial charge in [0.05, 0.1) is 11.4 Å². The largest absolute Gasteiger partial charge is 0.309 e. The first-order chi connectivity index (χ1) is 26.2. The van der Waals surface area contributed by atoms with Crippen molar-refractivity contribution >= 4 is 49.6 Å². The van der Waals surface area contributed by atoms with Gasteiger partial charge in [0, 0.05) is 54.1 Å². The minimum absolute atomic E-state index is 0.589. The maximum absolute atomic E-state index is 5.56. The molecule has 4 nitrogen and oxygen atoms in total. The zero-order valence-electron chi connectivity index (χ0n) is 29.2. The lowest BCUT2D eigenvalue weighted by Crippen LogP contribution is -2.11. The molecule has 0 fully saturated rings. The van der Waals surface area contributed by atoms with Crippen LogP contribution < -0.4 is 4.90 Å². The molecule has 9 rings (SSSR count). The Labute approximate surface area is 313 Å². The summed E-state index contributed by atoms with van der Waals surface area (Å²) >= 11 is 1.87. The molecule has 0 spiro atoms. The van der Waals surface area contributed by atoms with Crippen molar-refractivity contribution in [2.24, 2.45) is 0 Å². The Morgan fingerprint density at radius 1 is 0.736 bits per heavy atom. The smallest absolute Gasteiger partial charge is 0.164 e. The van der Waals surface area contributed by atoms with Crippen LogP contribution in [0, 0.1) is 12.3 Å². The fraction of sp³-hybridized carbons (Fsp3) is 0.0625. The van der Waals surface area contributed by atoms with Crippen LogP contribution in [-0.2, 0) is 0 Å². The van der Waals surface area contributed by atoms with E-state index in [0.717, 1.165) is 57.7 Å². The monoisotopic (exact) mass is 698 g/mol. The number of benzene rings is 5. The van der Waals surface area contributed by atoms with Crippen LogP contribution in [-0.4, -0.2) is 15.0 Å². The number of thiophene rings is 1. The van der Waals surface area contributed by atoms with Gasteiger partial charge in [-0.15, -0.1) is 17.8 Å². The second kappa shape index (κ2) is 13.8. The van der Waals surface area contributed by atoms with Gasteiger partial charge < -0.3 is 4.90 Å². The first-order valence-corrected chi connectivity index (χ1v) is 18.7. The Morgan fingerprint density at radius 2 is 1.45 bits per heavy atom. The second-order valence-corrected chi connectivity index (χ2v) is 14.0. The molecule has 5 aromatic carbocycles. The summed E-state index contributed by atoms with van der Waals surface area (Å²) < 4.78 is 1.30. The molecule has 0 unspecified atom stereocenters. The lowest BCUT2D eigenvalue weighted by Gasteiger charge is -2.27. The van der Waals surface area contributed by atoms with E-state index in [1.165, 1.54) is 31.7 Å². The van der Waals surface area contributed by atoms with Crippen molar-refractivity contribution in [2.45, 2.75) is 19.8 Å². The van der Waals surface area contributed by atoms with E-state index in [9.17, 15) is 0 Å². The third kappa shape index (κ3) is 5.90. The maximum Gasteiger partial charge on any atom is 0.164 e. The first-order valence-electron chi connectivity index (χ1n) is 17.8. The van der Waals surface area contributed by atoms with Gasteiger partial charge >= 0.3 is 0 Å². The van der Waals surface area contributed by atoms with E-state index >= 15 is 0 Å². The van der Waals surface area contributed by atoms with Crippen molar-refractivity contribution in [3.05, 3.63) is 169 Å². The molecular formula is C48H34N4S. The van der Waals surface area contributed by atoms with Gasteiger partial charge in [0.15, 0.2) is 17.5 Å². The molecule has 2 aliphatic rings. The standard InChI is InChI=1S/C48H34N4S/c1-3-5-17-32(4-2)46-49-47(33-18-7-6-8-19-33)51-48(50-46)36-22-15-20-34(30-36)35-21-16-23-37(31-35)52-41-27-12-9-24-38(41)44-40-26-11-14-29-43(40)53-45(44)39-25-10-13-28-42(39)52/h1,4-5,7,9-31H,6,8H2,2H3/b17-5-,32-4+. The molecule has 5 heteroatoms. The van der Waals surface area contributed by atoms with Crippen LogP contribution in [0.15, 0.2) is 158 Å². The molecule has 0 bridgehead atoms. The van der Waals surface area contributed by atoms with Crippen LogP contribution in [0.25, 0.3) is 65.3 Å². The fourth-order valence-electron chi connectivity index (χ4n) is 7.29. The molecule has 1 aliphatic carbocycles. The number of fused-ring (bicyclic) bond motifs is 7. The average Bonchev–Trinajstić information content (AvgIpc) is 3.56. The van der Waals surface area contributed by atoms with Gasteiger partial charge in [-0.25, -0.2) is 15.0 Å². The SMILES string of the molecule is C#C/C=C\C(=C/C)c1nc(C2=CCCC=C2)nc(-c2cccc(-c3cccc(N4c5ccccc5-c5sc6ccccc6c5-c5ccccc54)c3)c2)n1. The molecule has 0 saturated carbocycles. The van der Waals surface area contributed by atoms with Crippen LogP contribution in [0.2, 0.25) is 0 Å². The normalized spacial score (nSPS) is 13.6. The summed E-state index contributed by atoms with van der Waals surface area (Å²) in [5.74, 6) is 4.45. The van der Waals surface area contributed by atoms with Crippen LogP contribution in [0.1, 0.15) is 31.4 Å². The number of rotatable bonds is 6. The average molecular weight is 699 g/mol. The Morgan fingerprint density at radius 3 is 2.26 bits per heavy atom. The second-order valence-electron chi connectivity index (χ2n) is 13.0. The number of hydrogen-bond donors (Lipinski definition) is 0. The van der Waals surface area contributed by atoms with Gasteiger partial charge in [0.2, 0.25) is 0 Å². The van der Waals surface area contributed by atoms with Crippen molar-refractivity contribution in [1.82, 2.24) is 15.0 Å². The van der Waals surface area contributed by atoms with E-state index in [1.807, 2.05) is 30.4 Å². The van der Waals surface area contributed by atoms with Crippen molar-refractivity contribution in [1.29, 1.82) is 0 Å². The summed E-state index contributed by atoms with van der Waals surface area (Å²) in [4.78, 5) is 18.6. The molecule has 0 atom stereocenters. The number of terminal acetylenes is 1. The maximum atomic E-state index is 5.56. The molecule has 0 N–H and O–H groups in total. The number of hydrogen-bond acceptors (Lipinski definition) is 5. The number of aromatic nitrogens is 3. The highest BCUT2D eigenvalue weighted by molar-refractivity contribution is 7.23. The van der Waals surface area contributed by atoms with Gasteiger partial charge in [0.25, 0.3) is 0 Å². The van der Waals surface area contributed by atoms with E-state index in [-0.39, 0.29) is 0 Å². The number of anilines is 3. The Bertz CT molecular complexity index is 2720. The van der Waals surface area contributed by atoms with E-state index < -0.39 is 0 Å². The molecular weight excluding hydrogens is 665 g/mol. The topological polar surface area (TPSA) is 41.9 Å². The molecule has 3 heterocycles. The molecule has 2 aromatic heterocycles. The third-order valence-electron chi connectivity index (χ3n) is 9.77. The highest BCUT2D eigenvalue weighted by Gasteiger charge is 2.28. The van der Waals surface area contributed by atoms with Crippen molar-refractivity contribution in [3.8, 4) is 56.4 Å². The number of allylic oxidation sites excluding steroid dienone is 8. The number of nitrogens with zero attached hydrogens (tertiary/aromatic N) is 4. The van der Waals surface area contributed by atoms with E-state index in [2.05, 4.69) is 150 Å². The minimum Gasteiger partial charge on any atom is -0.309 e. The zero-order valence-corrected chi connectivity index (χ0v) is 30.0. The highest BCUT2D eigenvalue weighted by atomic mass is 32.1. The molecule has 1 aliphatic heterocycles. The quantitative estimate of drug-likeness (QED) is 0.128. The van der Waals surface area contributed by atoms with E-state index in [0.29, 0.717) is 17.5 Å². The van der Waals surface area contributed by atoms with Gasteiger partial charge in [-0.05, 0) is 79.4 Å². The summed E-state index contributed by atoms with van der Waals surface area (Å²) in [6, 6.07) is 43.6. The first kappa shape index (κ1) is 32.3. The summed E-state index contributed by atoms with van der Waals surface area (Å²) in [7, 11) is 0. The molecule has 0 saturated heterocycles. The zero-order chi connectivity index (χ0) is 35.7. The van der Waals surface area contributed by atoms with Crippen LogP contribution in [0.5, 0.6) is 0 Å². The predicted molar refractivity (Wildman–Crippen MR) is 223 cm³/mol. The van der Waals surface area contributed by atoms with Crippen molar-refractivity contribution in [3.63, 3.8) is 0 Å². The van der Waals surface area contributed by atoms with Gasteiger partial charge in [-0.2, -0.15) is 0 Å². The minimum atomic E-state index is 0.589. The van der Waals surface area contributed by atoms with Crippen LogP contribution >= 0.6 is 11.3 Å². The summed E-state index contributed by atoms with van der Waals surface area (Å²) in [5, 5.41) is 1.29. The Balaban J connectivity index is 1.16. The van der Waals surface area contributed by atoms with Crippen molar-refractivity contribution < 1.29 is 0 Å². The van der Waals surface area contributed by atoms with E-state index in [4.69, 9.17) is 21.4 Å². The third-order valence-corrected chi connectivity index (χ3v) is 11.0. The highest BCUT2D eigenvalue weighted by Crippen LogP contribution is 2.55.